The van der Waals surface area contributed by atoms with Crippen LogP contribution in [0.5, 0.6) is 5.75 Å². The molecule has 0 heterocycles. The van der Waals surface area contributed by atoms with Crippen LogP contribution in [0.1, 0.15) is 16.7 Å². The Morgan fingerprint density at radius 1 is 1.00 bits per heavy atom. The molecule has 2 N–H and O–H groups in total. The fourth-order valence-electron chi connectivity index (χ4n) is 1.81. The summed E-state index contributed by atoms with van der Waals surface area (Å²) in [6, 6.07) is 10.7. The SMILES string of the molecule is Cc1ccc(S(=O)(=O)Oc2ccc(CO)cc2CO)cc1. The van der Waals surface area contributed by atoms with Gasteiger partial charge in [0.15, 0.2) is 0 Å². The summed E-state index contributed by atoms with van der Waals surface area (Å²) in [5.41, 5.74) is 1.81. The average Bonchev–Trinajstić information content (AvgIpc) is 2.47. The fraction of sp³-hybridized carbons (Fsp3) is 0.200. The number of aliphatic hydroxyl groups is 2. The number of hydrogen-bond donors (Lipinski definition) is 2. The molecule has 0 saturated carbocycles. The van der Waals surface area contributed by atoms with E-state index in [0.717, 1.165) is 5.56 Å². The summed E-state index contributed by atoms with van der Waals surface area (Å²) >= 11 is 0. The van der Waals surface area contributed by atoms with E-state index in [2.05, 4.69) is 0 Å². The predicted molar refractivity (Wildman–Crippen MR) is 77.3 cm³/mol. The lowest BCUT2D eigenvalue weighted by atomic mass is 10.1. The van der Waals surface area contributed by atoms with Gasteiger partial charge in [0.25, 0.3) is 0 Å². The molecule has 112 valence electrons. The van der Waals surface area contributed by atoms with Crippen LogP contribution in [0.3, 0.4) is 0 Å². The third kappa shape index (κ3) is 3.60. The Balaban J connectivity index is 2.34. The minimum Gasteiger partial charge on any atom is -0.392 e. The Morgan fingerprint density at radius 3 is 2.24 bits per heavy atom. The number of benzene rings is 2. The van der Waals surface area contributed by atoms with Gasteiger partial charge >= 0.3 is 10.1 Å². The van der Waals surface area contributed by atoms with Crippen LogP contribution >= 0.6 is 0 Å². The highest BCUT2D eigenvalue weighted by Gasteiger charge is 2.18. The molecule has 0 atom stereocenters. The summed E-state index contributed by atoms with van der Waals surface area (Å²) in [5.74, 6) is 0.0512. The quantitative estimate of drug-likeness (QED) is 0.822. The van der Waals surface area contributed by atoms with E-state index in [-0.39, 0.29) is 23.9 Å². The minimum absolute atomic E-state index is 0.0447. The molecule has 0 fully saturated rings. The summed E-state index contributed by atoms with van der Waals surface area (Å²) in [4.78, 5) is 0.0447. The fourth-order valence-corrected chi connectivity index (χ4v) is 2.77. The molecule has 0 spiro atoms. The van der Waals surface area contributed by atoms with E-state index in [0.29, 0.717) is 11.1 Å². The standard InChI is InChI=1S/C15H16O5S/c1-11-2-5-14(6-3-11)21(18,19)20-15-7-4-12(9-16)8-13(15)10-17/h2-8,16-17H,9-10H2,1H3. The van der Waals surface area contributed by atoms with Gasteiger partial charge in [-0.15, -0.1) is 0 Å². The number of hydrogen-bond acceptors (Lipinski definition) is 5. The molecule has 2 aromatic carbocycles. The molecule has 2 rings (SSSR count). The smallest absolute Gasteiger partial charge is 0.339 e. The first-order chi connectivity index (χ1) is 9.96. The van der Waals surface area contributed by atoms with Crippen molar-refractivity contribution in [2.75, 3.05) is 0 Å². The molecule has 0 bridgehead atoms. The van der Waals surface area contributed by atoms with Crippen molar-refractivity contribution in [1.29, 1.82) is 0 Å². The molecular formula is C15H16O5S. The Morgan fingerprint density at radius 2 is 1.67 bits per heavy atom. The first kappa shape index (κ1) is 15.5. The van der Waals surface area contributed by atoms with Crippen LogP contribution in [0.2, 0.25) is 0 Å². The molecule has 0 aliphatic rings. The summed E-state index contributed by atoms with van der Waals surface area (Å²) < 4.78 is 29.4. The van der Waals surface area contributed by atoms with E-state index in [9.17, 15) is 13.5 Å². The van der Waals surface area contributed by atoms with E-state index >= 15 is 0 Å². The molecule has 0 radical (unpaired) electrons. The van der Waals surface area contributed by atoms with E-state index in [1.165, 1.54) is 24.3 Å². The second-order valence-corrected chi connectivity index (χ2v) is 6.16. The predicted octanol–water partition coefficient (Wildman–Crippen LogP) is 1.75. The molecule has 6 heteroatoms. The van der Waals surface area contributed by atoms with Crippen molar-refractivity contribution in [3.8, 4) is 5.75 Å². The molecule has 5 nitrogen and oxygen atoms in total. The molecule has 0 unspecified atom stereocenters. The van der Waals surface area contributed by atoms with Crippen molar-refractivity contribution < 1.29 is 22.8 Å². The van der Waals surface area contributed by atoms with Gasteiger partial charge in [-0.1, -0.05) is 23.8 Å². The second kappa shape index (κ2) is 6.26. The molecule has 2 aromatic rings. The summed E-state index contributed by atoms with van der Waals surface area (Å²) in [6.07, 6.45) is 0. The molecule has 0 saturated heterocycles. The van der Waals surface area contributed by atoms with Gasteiger partial charge in [-0.2, -0.15) is 8.42 Å². The molecule has 21 heavy (non-hydrogen) atoms. The molecule has 0 amide bonds. The highest BCUT2D eigenvalue weighted by molar-refractivity contribution is 7.87. The molecular weight excluding hydrogens is 292 g/mol. The van der Waals surface area contributed by atoms with Gasteiger partial charge in [0.05, 0.1) is 13.2 Å². The first-order valence-corrected chi connectivity index (χ1v) is 7.72. The number of aliphatic hydroxyl groups excluding tert-OH is 2. The lowest BCUT2D eigenvalue weighted by Crippen LogP contribution is -2.11. The zero-order valence-corrected chi connectivity index (χ0v) is 12.3. The normalized spacial score (nSPS) is 11.4. The Kier molecular flexibility index (Phi) is 4.62. The van der Waals surface area contributed by atoms with Gasteiger partial charge in [0, 0.05) is 5.56 Å². The summed E-state index contributed by atoms with van der Waals surface area (Å²) in [6.45, 7) is 1.28. The Hall–Kier alpha value is -1.89. The van der Waals surface area contributed by atoms with Gasteiger partial charge in [0.1, 0.15) is 10.6 Å². The van der Waals surface area contributed by atoms with Crippen LogP contribution in [0.25, 0.3) is 0 Å². The van der Waals surface area contributed by atoms with Gasteiger partial charge < -0.3 is 14.4 Å². The van der Waals surface area contributed by atoms with E-state index in [1.807, 2.05) is 6.92 Å². The van der Waals surface area contributed by atoms with Crippen LogP contribution in [-0.4, -0.2) is 18.6 Å². The van der Waals surface area contributed by atoms with Crippen molar-refractivity contribution in [1.82, 2.24) is 0 Å². The van der Waals surface area contributed by atoms with Crippen LogP contribution in [-0.2, 0) is 23.3 Å². The maximum absolute atomic E-state index is 12.2. The zero-order valence-electron chi connectivity index (χ0n) is 11.5. The van der Waals surface area contributed by atoms with E-state index in [1.54, 1.807) is 18.2 Å². The summed E-state index contributed by atoms with van der Waals surface area (Å²) in [7, 11) is -3.96. The van der Waals surface area contributed by atoms with Gasteiger partial charge in [-0.25, -0.2) is 0 Å². The Labute approximate surface area is 123 Å². The van der Waals surface area contributed by atoms with Crippen molar-refractivity contribution in [3.63, 3.8) is 0 Å². The van der Waals surface area contributed by atoms with Gasteiger partial charge in [-0.05, 0) is 36.8 Å². The van der Waals surface area contributed by atoms with Crippen LogP contribution < -0.4 is 4.18 Å². The van der Waals surface area contributed by atoms with Crippen LogP contribution in [0.4, 0.5) is 0 Å². The first-order valence-electron chi connectivity index (χ1n) is 6.31. The Bertz CT molecular complexity index is 720. The third-order valence-corrected chi connectivity index (χ3v) is 4.24. The summed E-state index contributed by atoms with van der Waals surface area (Å²) in [5, 5.41) is 18.3. The second-order valence-electron chi connectivity index (χ2n) is 4.61. The lowest BCUT2D eigenvalue weighted by Gasteiger charge is -2.11. The van der Waals surface area contributed by atoms with Crippen molar-refractivity contribution >= 4 is 10.1 Å². The van der Waals surface area contributed by atoms with Crippen molar-refractivity contribution in [2.24, 2.45) is 0 Å². The third-order valence-electron chi connectivity index (χ3n) is 2.99. The monoisotopic (exact) mass is 308 g/mol. The highest BCUT2D eigenvalue weighted by atomic mass is 32.2. The number of aryl methyl sites for hydroxylation is 1. The van der Waals surface area contributed by atoms with E-state index < -0.39 is 10.1 Å². The highest BCUT2D eigenvalue weighted by Crippen LogP contribution is 2.24. The lowest BCUT2D eigenvalue weighted by molar-refractivity contribution is 0.273. The largest absolute Gasteiger partial charge is 0.392 e. The average molecular weight is 308 g/mol. The zero-order chi connectivity index (χ0) is 15.5. The van der Waals surface area contributed by atoms with Crippen molar-refractivity contribution in [3.05, 3.63) is 59.2 Å². The molecule has 0 aliphatic heterocycles. The molecule has 0 aromatic heterocycles. The van der Waals surface area contributed by atoms with Gasteiger partial charge in [-0.3, -0.25) is 0 Å². The molecule has 0 aliphatic carbocycles. The minimum atomic E-state index is -3.96. The number of rotatable bonds is 5. The van der Waals surface area contributed by atoms with E-state index in [4.69, 9.17) is 9.29 Å². The van der Waals surface area contributed by atoms with Crippen LogP contribution in [0, 0.1) is 6.92 Å². The van der Waals surface area contributed by atoms with Gasteiger partial charge in [0.2, 0.25) is 0 Å². The van der Waals surface area contributed by atoms with Crippen molar-refractivity contribution in [2.45, 2.75) is 25.0 Å². The maximum atomic E-state index is 12.2. The topological polar surface area (TPSA) is 83.8 Å². The van der Waals surface area contributed by atoms with Crippen LogP contribution in [0.15, 0.2) is 47.4 Å². The maximum Gasteiger partial charge on any atom is 0.339 e.